The maximum absolute atomic E-state index is 6.12. The Morgan fingerprint density at radius 1 is 1.19 bits per heavy atom. The van der Waals surface area contributed by atoms with Crippen LogP contribution in [-0.4, -0.2) is 53.6 Å². The number of ether oxygens (including phenoxy) is 1. The third kappa shape index (κ3) is 3.55. The molecule has 0 atom stereocenters. The Hall–Kier alpha value is -1.13. The first kappa shape index (κ1) is 14.8. The predicted molar refractivity (Wildman–Crippen MR) is 84.6 cm³/mol. The van der Waals surface area contributed by atoms with Crippen molar-refractivity contribution in [1.82, 2.24) is 14.8 Å². The number of fused-ring (bicyclic) bond motifs is 1. The van der Waals surface area contributed by atoms with Gasteiger partial charge in [0.05, 0.1) is 5.69 Å². The SMILES string of the molecule is CC(C)N1CCC(Oc2ccc3c(n2)CCN(C)C3)CC1. The van der Waals surface area contributed by atoms with Crippen molar-refractivity contribution in [3.8, 4) is 5.88 Å². The molecule has 1 fully saturated rings. The minimum Gasteiger partial charge on any atom is -0.474 e. The third-order valence-corrected chi connectivity index (χ3v) is 4.71. The van der Waals surface area contributed by atoms with Crippen LogP contribution in [0.4, 0.5) is 0 Å². The molecule has 0 bridgehead atoms. The lowest BCUT2D eigenvalue weighted by Crippen LogP contribution is -2.41. The number of rotatable bonds is 3. The Kier molecular flexibility index (Phi) is 4.45. The van der Waals surface area contributed by atoms with Crippen LogP contribution < -0.4 is 4.74 Å². The Bertz CT molecular complexity index is 481. The predicted octanol–water partition coefficient (Wildman–Crippen LogP) is 2.32. The quantitative estimate of drug-likeness (QED) is 0.854. The lowest BCUT2D eigenvalue weighted by atomic mass is 10.1. The Balaban J connectivity index is 1.59. The monoisotopic (exact) mass is 289 g/mol. The summed E-state index contributed by atoms with van der Waals surface area (Å²) in [7, 11) is 2.16. The van der Waals surface area contributed by atoms with Crippen LogP contribution in [0.2, 0.25) is 0 Å². The molecule has 1 aromatic rings. The van der Waals surface area contributed by atoms with Crippen molar-refractivity contribution in [1.29, 1.82) is 0 Å². The maximum atomic E-state index is 6.12. The lowest BCUT2D eigenvalue weighted by Gasteiger charge is -2.34. The fourth-order valence-electron chi connectivity index (χ4n) is 3.28. The largest absolute Gasteiger partial charge is 0.474 e. The molecule has 0 radical (unpaired) electrons. The molecule has 1 saturated heterocycles. The van der Waals surface area contributed by atoms with Gasteiger partial charge in [0.2, 0.25) is 5.88 Å². The van der Waals surface area contributed by atoms with E-state index in [1.807, 2.05) is 6.07 Å². The zero-order chi connectivity index (χ0) is 14.8. The molecule has 4 heteroatoms. The average Bonchev–Trinajstić information content (AvgIpc) is 2.48. The van der Waals surface area contributed by atoms with Crippen LogP contribution in [-0.2, 0) is 13.0 Å². The summed E-state index contributed by atoms with van der Waals surface area (Å²) in [6.07, 6.45) is 3.59. The number of aromatic nitrogens is 1. The van der Waals surface area contributed by atoms with Crippen LogP contribution in [0, 0.1) is 0 Å². The molecule has 116 valence electrons. The van der Waals surface area contributed by atoms with Crippen LogP contribution in [0.25, 0.3) is 0 Å². The maximum Gasteiger partial charge on any atom is 0.213 e. The normalized spacial score (nSPS) is 21.5. The van der Waals surface area contributed by atoms with Gasteiger partial charge in [-0.25, -0.2) is 4.98 Å². The van der Waals surface area contributed by atoms with E-state index >= 15 is 0 Å². The van der Waals surface area contributed by atoms with Crippen molar-refractivity contribution in [2.75, 3.05) is 26.7 Å². The number of nitrogens with zero attached hydrogens (tertiary/aromatic N) is 3. The molecule has 0 amide bonds. The number of likely N-dealkylation sites (N-methyl/N-ethyl adjacent to an activating group) is 1. The van der Waals surface area contributed by atoms with Crippen LogP contribution >= 0.6 is 0 Å². The van der Waals surface area contributed by atoms with E-state index in [0.717, 1.165) is 51.3 Å². The van der Waals surface area contributed by atoms with Gasteiger partial charge in [0.25, 0.3) is 0 Å². The van der Waals surface area contributed by atoms with Crippen LogP contribution in [0.15, 0.2) is 12.1 Å². The highest BCUT2D eigenvalue weighted by atomic mass is 16.5. The number of hydrogen-bond acceptors (Lipinski definition) is 4. The van der Waals surface area contributed by atoms with Gasteiger partial charge < -0.3 is 14.5 Å². The molecule has 1 aromatic heterocycles. The minimum absolute atomic E-state index is 0.330. The number of likely N-dealkylation sites (tertiary alicyclic amines) is 1. The minimum atomic E-state index is 0.330. The zero-order valence-electron chi connectivity index (χ0n) is 13.5. The lowest BCUT2D eigenvalue weighted by molar-refractivity contribution is 0.0810. The summed E-state index contributed by atoms with van der Waals surface area (Å²) < 4.78 is 6.12. The summed E-state index contributed by atoms with van der Waals surface area (Å²) in [6.45, 7) is 8.91. The molecule has 21 heavy (non-hydrogen) atoms. The fourth-order valence-corrected chi connectivity index (χ4v) is 3.28. The molecular formula is C17H27N3O. The van der Waals surface area contributed by atoms with E-state index in [1.165, 1.54) is 11.3 Å². The second-order valence-corrected chi connectivity index (χ2v) is 6.69. The second-order valence-electron chi connectivity index (χ2n) is 6.69. The number of piperidine rings is 1. The first-order valence-corrected chi connectivity index (χ1v) is 8.20. The molecule has 2 aliphatic rings. The van der Waals surface area contributed by atoms with Crippen LogP contribution in [0.1, 0.15) is 37.9 Å². The van der Waals surface area contributed by atoms with E-state index in [2.05, 4.69) is 36.8 Å². The van der Waals surface area contributed by atoms with E-state index in [-0.39, 0.29) is 0 Å². The third-order valence-electron chi connectivity index (χ3n) is 4.71. The standard InChI is InChI=1S/C17H27N3O/c1-13(2)20-10-6-15(7-11-20)21-17-5-4-14-12-19(3)9-8-16(14)18-17/h4-5,13,15H,6-12H2,1-3H3. The molecule has 2 aliphatic heterocycles. The molecule has 0 N–H and O–H groups in total. The van der Waals surface area contributed by atoms with Crippen LogP contribution in [0.3, 0.4) is 0 Å². The van der Waals surface area contributed by atoms with Crippen molar-refractivity contribution >= 4 is 0 Å². The molecule has 0 aliphatic carbocycles. The molecule has 3 rings (SSSR count). The molecule has 3 heterocycles. The van der Waals surface area contributed by atoms with E-state index in [9.17, 15) is 0 Å². The summed E-state index contributed by atoms with van der Waals surface area (Å²) in [5, 5.41) is 0. The molecule has 0 spiro atoms. The van der Waals surface area contributed by atoms with E-state index < -0.39 is 0 Å². The Morgan fingerprint density at radius 2 is 1.95 bits per heavy atom. The summed E-state index contributed by atoms with van der Waals surface area (Å²) in [6, 6.07) is 4.88. The van der Waals surface area contributed by atoms with Gasteiger partial charge in [-0.15, -0.1) is 0 Å². The van der Waals surface area contributed by atoms with E-state index in [4.69, 9.17) is 9.72 Å². The first-order chi connectivity index (χ1) is 10.1. The molecular weight excluding hydrogens is 262 g/mol. The zero-order valence-corrected chi connectivity index (χ0v) is 13.5. The van der Waals surface area contributed by atoms with Crippen molar-refractivity contribution in [3.05, 3.63) is 23.4 Å². The van der Waals surface area contributed by atoms with Crippen molar-refractivity contribution in [3.63, 3.8) is 0 Å². The van der Waals surface area contributed by atoms with Gasteiger partial charge in [-0.05, 0) is 39.3 Å². The highest BCUT2D eigenvalue weighted by molar-refractivity contribution is 5.27. The fraction of sp³-hybridized carbons (Fsp3) is 0.706. The Labute approximate surface area is 128 Å². The van der Waals surface area contributed by atoms with Gasteiger partial charge in [0.1, 0.15) is 6.10 Å². The van der Waals surface area contributed by atoms with Gasteiger partial charge in [-0.1, -0.05) is 6.07 Å². The van der Waals surface area contributed by atoms with Crippen molar-refractivity contribution in [2.24, 2.45) is 0 Å². The van der Waals surface area contributed by atoms with E-state index in [0.29, 0.717) is 12.1 Å². The van der Waals surface area contributed by atoms with Crippen molar-refractivity contribution < 1.29 is 4.74 Å². The first-order valence-electron chi connectivity index (χ1n) is 8.20. The van der Waals surface area contributed by atoms with Gasteiger partial charge in [0, 0.05) is 44.7 Å². The summed E-state index contributed by atoms with van der Waals surface area (Å²) in [4.78, 5) is 9.60. The summed E-state index contributed by atoms with van der Waals surface area (Å²) in [5.74, 6) is 0.821. The molecule has 0 unspecified atom stereocenters. The highest BCUT2D eigenvalue weighted by Crippen LogP contribution is 2.22. The number of pyridine rings is 1. The summed E-state index contributed by atoms with van der Waals surface area (Å²) in [5.41, 5.74) is 2.58. The van der Waals surface area contributed by atoms with E-state index in [1.54, 1.807) is 0 Å². The molecule has 4 nitrogen and oxygen atoms in total. The highest BCUT2D eigenvalue weighted by Gasteiger charge is 2.23. The molecule has 0 aromatic carbocycles. The van der Waals surface area contributed by atoms with Crippen LogP contribution in [0.5, 0.6) is 5.88 Å². The second kappa shape index (κ2) is 6.32. The number of hydrogen-bond donors (Lipinski definition) is 0. The smallest absolute Gasteiger partial charge is 0.213 e. The molecule has 0 saturated carbocycles. The van der Waals surface area contributed by atoms with Gasteiger partial charge in [-0.3, -0.25) is 0 Å². The van der Waals surface area contributed by atoms with Crippen molar-refractivity contribution in [2.45, 2.75) is 51.8 Å². The average molecular weight is 289 g/mol. The van der Waals surface area contributed by atoms with Gasteiger partial charge in [-0.2, -0.15) is 0 Å². The topological polar surface area (TPSA) is 28.6 Å². The summed E-state index contributed by atoms with van der Waals surface area (Å²) >= 11 is 0. The van der Waals surface area contributed by atoms with Gasteiger partial charge >= 0.3 is 0 Å². The Morgan fingerprint density at radius 3 is 2.67 bits per heavy atom. The van der Waals surface area contributed by atoms with Gasteiger partial charge in [0.15, 0.2) is 0 Å².